The summed E-state index contributed by atoms with van der Waals surface area (Å²) in [5.41, 5.74) is 13.5. The van der Waals surface area contributed by atoms with Gasteiger partial charge in [-0.05, 0) is 30.9 Å². The standard InChI is InChI=1S/C31H36N6O6S/c1-2-44(42,43)37-26(18-20-8-12-23(13-9-20)28(39)22-6-4-3-5-7-22)31(41)36-25(16-17-27(32)38)30(40)35-19-21-10-14-24(15-11-21)29(33)34/h3-15,25-26,37H,2,16-19H2,1H3,(H2,32,38)(H3,33,34)(H,35,40)(H,36,41)/t25-,26+/m0/s1. The Morgan fingerprint density at radius 3 is 1.91 bits per heavy atom. The summed E-state index contributed by atoms with van der Waals surface area (Å²) < 4.78 is 27.3. The summed E-state index contributed by atoms with van der Waals surface area (Å²) in [4.78, 5) is 50.7. The highest BCUT2D eigenvalue weighted by molar-refractivity contribution is 7.89. The molecular weight excluding hydrogens is 584 g/mol. The highest BCUT2D eigenvalue weighted by Gasteiger charge is 2.29. The van der Waals surface area contributed by atoms with Crippen LogP contribution in [0.3, 0.4) is 0 Å². The van der Waals surface area contributed by atoms with E-state index in [1.807, 2.05) is 0 Å². The Morgan fingerprint density at radius 2 is 1.34 bits per heavy atom. The molecule has 0 bridgehead atoms. The van der Waals surface area contributed by atoms with Crippen molar-refractivity contribution >= 4 is 39.4 Å². The Morgan fingerprint density at radius 1 is 0.773 bits per heavy atom. The van der Waals surface area contributed by atoms with Gasteiger partial charge in [-0.15, -0.1) is 0 Å². The van der Waals surface area contributed by atoms with Gasteiger partial charge in [-0.1, -0.05) is 78.9 Å². The molecule has 13 heteroatoms. The molecule has 0 spiro atoms. The number of amidine groups is 1. The van der Waals surface area contributed by atoms with Crippen LogP contribution >= 0.6 is 0 Å². The van der Waals surface area contributed by atoms with E-state index in [9.17, 15) is 27.6 Å². The van der Waals surface area contributed by atoms with Crippen molar-refractivity contribution in [2.75, 3.05) is 5.75 Å². The molecule has 232 valence electrons. The van der Waals surface area contributed by atoms with Gasteiger partial charge >= 0.3 is 0 Å². The second kappa shape index (κ2) is 15.5. The van der Waals surface area contributed by atoms with Gasteiger partial charge in [-0.3, -0.25) is 24.6 Å². The number of hydrogen-bond acceptors (Lipinski definition) is 7. The van der Waals surface area contributed by atoms with Crippen molar-refractivity contribution in [3.8, 4) is 0 Å². The fourth-order valence-electron chi connectivity index (χ4n) is 4.21. The number of carbonyl (C=O) groups excluding carboxylic acids is 4. The Bertz CT molecular complexity index is 1590. The van der Waals surface area contributed by atoms with Crippen LogP contribution in [0.4, 0.5) is 0 Å². The molecule has 0 fully saturated rings. The molecule has 0 aliphatic heterocycles. The van der Waals surface area contributed by atoms with Crippen molar-refractivity contribution in [3.63, 3.8) is 0 Å². The van der Waals surface area contributed by atoms with E-state index in [4.69, 9.17) is 16.9 Å². The number of nitrogens with one attached hydrogen (secondary N) is 4. The van der Waals surface area contributed by atoms with Crippen molar-refractivity contribution in [3.05, 3.63) is 107 Å². The predicted molar refractivity (Wildman–Crippen MR) is 166 cm³/mol. The number of nitrogens with two attached hydrogens (primary N) is 2. The molecule has 0 aliphatic rings. The molecule has 3 rings (SSSR count). The van der Waals surface area contributed by atoms with E-state index >= 15 is 0 Å². The zero-order valence-electron chi connectivity index (χ0n) is 24.2. The molecule has 0 heterocycles. The van der Waals surface area contributed by atoms with Crippen molar-refractivity contribution in [1.82, 2.24) is 15.4 Å². The van der Waals surface area contributed by atoms with Crippen molar-refractivity contribution in [2.24, 2.45) is 11.5 Å². The minimum absolute atomic E-state index is 0.0719. The van der Waals surface area contributed by atoms with E-state index in [1.165, 1.54) is 6.92 Å². The monoisotopic (exact) mass is 620 g/mol. The second-order valence-corrected chi connectivity index (χ2v) is 12.1. The predicted octanol–water partition coefficient (Wildman–Crippen LogP) is 1.12. The number of hydrogen-bond donors (Lipinski definition) is 6. The van der Waals surface area contributed by atoms with Gasteiger partial charge in [-0.25, -0.2) is 13.1 Å². The van der Waals surface area contributed by atoms with Crippen LogP contribution < -0.4 is 26.8 Å². The molecule has 0 aromatic heterocycles. The van der Waals surface area contributed by atoms with Gasteiger partial charge in [-0.2, -0.15) is 0 Å². The normalized spacial score (nSPS) is 12.5. The molecule has 8 N–H and O–H groups in total. The van der Waals surface area contributed by atoms with E-state index in [0.717, 1.165) is 0 Å². The van der Waals surface area contributed by atoms with Crippen molar-refractivity contribution in [2.45, 2.75) is 44.8 Å². The maximum absolute atomic E-state index is 13.4. The summed E-state index contributed by atoms with van der Waals surface area (Å²) in [5.74, 6) is -2.62. The smallest absolute Gasteiger partial charge is 0.242 e. The highest BCUT2D eigenvalue weighted by atomic mass is 32.2. The van der Waals surface area contributed by atoms with Gasteiger partial charge in [0, 0.05) is 29.7 Å². The number of benzene rings is 3. The van der Waals surface area contributed by atoms with E-state index < -0.39 is 39.8 Å². The van der Waals surface area contributed by atoms with Crippen LogP contribution in [-0.2, 0) is 37.4 Å². The molecule has 0 aliphatic carbocycles. The molecule has 0 unspecified atom stereocenters. The summed E-state index contributed by atoms with van der Waals surface area (Å²) in [7, 11) is -3.84. The molecule has 3 aromatic carbocycles. The summed E-state index contributed by atoms with van der Waals surface area (Å²) in [5, 5.41) is 12.7. The van der Waals surface area contributed by atoms with E-state index in [2.05, 4.69) is 15.4 Å². The maximum Gasteiger partial charge on any atom is 0.242 e. The van der Waals surface area contributed by atoms with Crippen LogP contribution in [0.25, 0.3) is 0 Å². The topological polar surface area (TPSA) is 214 Å². The van der Waals surface area contributed by atoms with Gasteiger partial charge in [0.1, 0.15) is 17.9 Å². The van der Waals surface area contributed by atoms with E-state index in [1.54, 1.807) is 78.9 Å². The molecule has 12 nitrogen and oxygen atoms in total. The van der Waals surface area contributed by atoms with E-state index in [-0.39, 0.29) is 43.2 Å². The number of nitrogen functional groups attached to an aromatic ring is 1. The molecule has 0 saturated heterocycles. The van der Waals surface area contributed by atoms with Gasteiger partial charge in [0.05, 0.1) is 5.75 Å². The summed E-state index contributed by atoms with van der Waals surface area (Å²) >= 11 is 0. The summed E-state index contributed by atoms with van der Waals surface area (Å²) in [6, 6.07) is 19.3. The number of carbonyl (C=O) groups is 4. The van der Waals surface area contributed by atoms with Crippen LogP contribution in [0.2, 0.25) is 0 Å². The SMILES string of the molecule is CCS(=O)(=O)N[C@H](Cc1ccc(C(=O)c2ccccc2)cc1)C(=O)N[C@@H](CCC(N)=O)C(=O)NCc1ccc(C(=N)N)cc1. The highest BCUT2D eigenvalue weighted by Crippen LogP contribution is 2.13. The van der Waals surface area contributed by atoms with Crippen LogP contribution in [0.5, 0.6) is 0 Å². The fourth-order valence-corrected chi connectivity index (χ4v) is 5.00. The zero-order chi connectivity index (χ0) is 32.3. The first-order valence-electron chi connectivity index (χ1n) is 13.9. The summed E-state index contributed by atoms with van der Waals surface area (Å²) in [6.45, 7) is 1.51. The molecule has 0 radical (unpaired) electrons. The first-order valence-corrected chi connectivity index (χ1v) is 15.5. The van der Waals surface area contributed by atoms with Crippen molar-refractivity contribution < 1.29 is 27.6 Å². The van der Waals surface area contributed by atoms with Crippen molar-refractivity contribution in [1.29, 1.82) is 5.41 Å². The van der Waals surface area contributed by atoms with Crippen LogP contribution in [0.1, 0.15) is 52.4 Å². The third-order valence-corrected chi connectivity index (χ3v) is 8.16. The van der Waals surface area contributed by atoms with Crippen LogP contribution in [-0.4, -0.2) is 55.6 Å². The van der Waals surface area contributed by atoms with Gasteiger partial charge in [0.25, 0.3) is 0 Å². The van der Waals surface area contributed by atoms with Gasteiger partial charge in [0.2, 0.25) is 27.7 Å². The number of ketones is 1. The minimum atomic E-state index is -3.84. The largest absolute Gasteiger partial charge is 0.384 e. The lowest BCUT2D eigenvalue weighted by atomic mass is 9.99. The molecule has 2 atom stereocenters. The second-order valence-electron chi connectivity index (χ2n) is 10.1. The molecular formula is C31H36N6O6S. The Hall–Kier alpha value is -4.88. The van der Waals surface area contributed by atoms with E-state index in [0.29, 0.717) is 27.8 Å². The average Bonchev–Trinajstić information content (AvgIpc) is 3.01. The fraction of sp³-hybridized carbons (Fsp3) is 0.258. The zero-order valence-corrected chi connectivity index (χ0v) is 25.0. The van der Waals surface area contributed by atoms with Gasteiger partial charge < -0.3 is 22.1 Å². The Balaban J connectivity index is 1.75. The average molecular weight is 621 g/mol. The number of amides is 3. The Labute approximate surface area is 256 Å². The molecule has 3 amide bonds. The first kappa shape index (κ1) is 33.6. The quantitative estimate of drug-likeness (QED) is 0.0779. The number of sulfonamides is 1. The molecule has 44 heavy (non-hydrogen) atoms. The van der Waals surface area contributed by atoms with Gasteiger partial charge in [0.15, 0.2) is 5.78 Å². The first-order chi connectivity index (χ1) is 20.9. The summed E-state index contributed by atoms with van der Waals surface area (Å²) in [6.07, 6.45) is -0.384. The van der Waals surface area contributed by atoms with Crippen LogP contribution in [0.15, 0.2) is 78.9 Å². The lowest BCUT2D eigenvalue weighted by Crippen LogP contribution is -2.54. The van der Waals surface area contributed by atoms with Crippen LogP contribution in [0, 0.1) is 5.41 Å². The lowest BCUT2D eigenvalue weighted by Gasteiger charge is -2.23. The Kier molecular flexibility index (Phi) is 11.9. The maximum atomic E-state index is 13.4. The number of rotatable bonds is 16. The molecule has 0 saturated carbocycles. The third kappa shape index (κ3) is 10.1. The molecule has 3 aromatic rings. The third-order valence-electron chi connectivity index (χ3n) is 6.75. The minimum Gasteiger partial charge on any atom is -0.384 e. The lowest BCUT2D eigenvalue weighted by molar-refractivity contribution is -0.130. The number of primary amides is 1.